The Morgan fingerprint density at radius 1 is 1.06 bits per heavy atom. The van der Waals surface area contributed by atoms with E-state index in [2.05, 4.69) is 19.2 Å². The summed E-state index contributed by atoms with van der Waals surface area (Å²) in [5.74, 6) is 0.317. The number of carbonyl (C=O) groups excluding carboxylic acids is 1. The lowest BCUT2D eigenvalue weighted by Gasteiger charge is -2.60. The molecule has 1 aliphatic heterocycles. The van der Waals surface area contributed by atoms with Gasteiger partial charge in [0, 0.05) is 17.4 Å². The maximum Gasteiger partial charge on any atom is 0.221 e. The molecule has 1 N–H and O–H groups in total. The summed E-state index contributed by atoms with van der Waals surface area (Å²) in [5, 5.41) is 3.36. The SMILES string of the molecule is CC1(C)CC2(CC(=O)NC23CCCCC3)C1. The minimum Gasteiger partial charge on any atom is -0.350 e. The van der Waals surface area contributed by atoms with Crippen LogP contribution < -0.4 is 5.32 Å². The van der Waals surface area contributed by atoms with Gasteiger partial charge >= 0.3 is 0 Å². The molecule has 2 nitrogen and oxygen atoms in total. The minimum atomic E-state index is 0.192. The molecule has 2 saturated carbocycles. The number of hydrogen-bond donors (Lipinski definition) is 1. The van der Waals surface area contributed by atoms with E-state index in [0.717, 1.165) is 6.42 Å². The fourth-order valence-electron chi connectivity index (χ4n) is 4.97. The molecule has 1 amide bonds. The molecule has 3 fully saturated rings. The van der Waals surface area contributed by atoms with Crippen LogP contribution in [0, 0.1) is 10.8 Å². The van der Waals surface area contributed by atoms with Crippen molar-refractivity contribution in [3.8, 4) is 0 Å². The number of rotatable bonds is 0. The average Bonchev–Trinajstić information content (AvgIpc) is 2.38. The second kappa shape index (κ2) is 3.02. The van der Waals surface area contributed by atoms with Crippen LogP contribution in [0.15, 0.2) is 0 Å². The third-order valence-corrected chi connectivity index (χ3v) is 5.23. The van der Waals surface area contributed by atoms with Crippen molar-refractivity contribution in [1.29, 1.82) is 0 Å². The molecule has 1 saturated heterocycles. The Hall–Kier alpha value is -0.530. The first-order valence-electron chi connectivity index (χ1n) is 6.78. The van der Waals surface area contributed by atoms with E-state index in [1.54, 1.807) is 0 Å². The Morgan fingerprint density at radius 3 is 2.25 bits per heavy atom. The Morgan fingerprint density at radius 2 is 1.69 bits per heavy atom. The van der Waals surface area contributed by atoms with E-state index in [-0.39, 0.29) is 5.54 Å². The van der Waals surface area contributed by atoms with E-state index in [4.69, 9.17) is 0 Å². The van der Waals surface area contributed by atoms with Gasteiger partial charge in [-0.25, -0.2) is 0 Å². The second-order valence-electron chi connectivity index (χ2n) is 7.17. The van der Waals surface area contributed by atoms with Crippen LogP contribution in [-0.4, -0.2) is 11.4 Å². The Labute approximate surface area is 98.2 Å². The summed E-state index contributed by atoms with van der Waals surface area (Å²) in [5.41, 5.74) is 0.989. The third-order valence-electron chi connectivity index (χ3n) is 5.23. The number of nitrogens with one attached hydrogen (secondary N) is 1. The van der Waals surface area contributed by atoms with E-state index in [1.807, 2.05) is 0 Å². The van der Waals surface area contributed by atoms with Gasteiger partial charge in [0.05, 0.1) is 0 Å². The fraction of sp³-hybridized carbons (Fsp3) is 0.929. The topological polar surface area (TPSA) is 29.1 Å². The second-order valence-corrected chi connectivity index (χ2v) is 7.17. The van der Waals surface area contributed by atoms with Gasteiger partial charge in [0.25, 0.3) is 0 Å². The van der Waals surface area contributed by atoms with Gasteiger partial charge in [-0.05, 0) is 31.1 Å². The molecule has 0 aromatic heterocycles. The van der Waals surface area contributed by atoms with Crippen molar-refractivity contribution < 1.29 is 4.79 Å². The Kier molecular flexibility index (Phi) is 2.01. The lowest BCUT2D eigenvalue weighted by molar-refractivity contribution is -0.120. The first kappa shape index (κ1) is 10.6. The van der Waals surface area contributed by atoms with Gasteiger partial charge in [-0.3, -0.25) is 4.79 Å². The molecule has 2 aliphatic carbocycles. The van der Waals surface area contributed by atoms with Crippen molar-refractivity contribution in [2.24, 2.45) is 10.8 Å². The molecule has 0 atom stereocenters. The summed E-state index contributed by atoms with van der Waals surface area (Å²) in [6.45, 7) is 4.69. The maximum absolute atomic E-state index is 11.8. The van der Waals surface area contributed by atoms with Gasteiger partial charge in [0.1, 0.15) is 0 Å². The molecule has 3 aliphatic rings. The van der Waals surface area contributed by atoms with Crippen molar-refractivity contribution in [2.45, 2.75) is 70.8 Å². The molecular formula is C14H23NO. The third kappa shape index (κ3) is 1.28. The number of amides is 1. The molecule has 0 radical (unpaired) electrons. The predicted molar refractivity (Wildman–Crippen MR) is 64.0 cm³/mol. The summed E-state index contributed by atoms with van der Waals surface area (Å²) >= 11 is 0. The average molecular weight is 221 g/mol. The summed E-state index contributed by atoms with van der Waals surface area (Å²) in [6.07, 6.45) is 9.74. The van der Waals surface area contributed by atoms with Crippen LogP contribution in [0.1, 0.15) is 65.2 Å². The van der Waals surface area contributed by atoms with Crippen LogP contribution in [0.25, 0.3) is 0 Å². The zero-order valence-electron chi connectivity index (χ0n) is 10.6. The Balaban J connectivity index is 1.89. The van der Waals surface area contributed by atoms with Gasteiger partial charge in [-0.15, -0.1) is 0 Å². The van der Waals surface area contributed by atoms with E-state index in [0.29, 0.717) is 16.7 Å². The molecule has 3 rings (SSSR count). The fourth-order valence-corrected chi connectivity index (χ4v) is 4.97. The van der Waals surface area contributed by atoms with Crippen molar-refractivity contribution in [2.75, 3.05) is 0 Å². The van der Waals surface area contributed by atoms with E-state index < -0.39 is 0 Å². The molecule has 0 bridgehead atoms. The zero-order valence-corrected chi connectivity index (χ0v) is 10.6. The van der Waals surface area contributed by atoms with E-state index in [1.165, 1.54) is 44.9 Å². The summed E-state index contributed by atoms with van der Waals surface area (Å²) in [6, 6.07) is 0. The minimum absolute atomic E-state index is 0.192. The van der Waals surface area contributed by atoms with Crippen LogP contribution in [0.2, 0.25) is 0 Å². The van der Waals surface area contributed by atoms with Gasteiger partial charge in [-0.2, -0.15) is 0 Å². The molecule has 2 spiro atoms. The van der Waals surface area contributed by atoms with Crippen LogP contribution in [-0.2, 0) is 4.79 Å². The first-order chi connectivity index (χ1) is 7.47. The highest BCUT2D eigenvalue weighted by molar-refractivity contribution is 5.81. The van der Waals surface area contributed by atoms with E-state index >= 15 is 0 Å². The quantitative estimate of drug-likeness (QED) is 0.669. The van der Waals surface area contributed by atoms with Gasteiger partial charge in [0.15, 0.2) is 0 Å². The highest BCUT2D eigenvalue weighted by Gasteiger charge is 2.65. The summed E-state index contributed by atoms with van der Waals surface area (Å²) in [7, 11) is 0. The highest BCUT2D eigenvalue weighted by Crippen LogP contribution is 2.66. The number of fused-ring (bicyclic) bond motifs is 1. The molecule has 16 heavy (non-hydrogen) atoms. The van der Waals surface area contributed by atoms with Crippen LogP contribution in [0.4, 0.5) is 0 Å². The standard InChI is InChI=1S/C14H23NO/c1-12(2)9-13(10-12)8-11(16)15-14(13)6-4-3-5-7-14/h3-10H2,1-2H3,(H,15,16). The van der Waals surface area contributed by atoms with Crippen LogP contribution in [0.3, 0.4) is 0 Å². The van der Waals surface area contributed by atoms with Crippen molar-refractivity contribution in [3.63, 3.8) is 0 Å². The molecular weight excluding hydrogens is 198 g/mol. The van der Waals surface area contributed by atoms with Crippen LogP contribution >= 0.6 is 0 Å². The lowest BCUT2D eigenvalue weighted by Crippen LogP contribution is -2.60. The van der Waals surface area contributed by atoms with Crippen molar-refractivity contribution in [1.82, 2.24) is 5.32 Å². The zero-order chi connectivity index (χ0) is 11.4. The summed E-state index contributed by atoms with van der Waals surface area (Å²) < 4.78 is 0. The lowest BCUT2D eigenvalue weighted by atomic mass is 9.45. The molecule has 90 valence electrons. The smallest absolute Gasteiger partial charge is 0.221 e. The maximum atomic E-state index is 11.8. The van der Waals surface area contributed by atoms with E-state index in [9.17, 15) is 4.79 Å². The predicted octanol–water partition coefficient (Wildman–Crippen LogP) is 3.02. The number of hydrogen-bond acceptors (Lipinski definition) is 1. The normalized spacial score (nSPS) is 33.8. The largest absolute Gasteiger partial charge is 0.350 e. The van der Waals surface area contributed by atoms with Gasteiger partial charge in [0.2, 0.25) is 5.91 Å². The molecule has 2 heteroatoms. The molecule has 0 aromatic carbocycles. The van der Waals surface area contributed by atoms with Crippen molar-refractivity contribution >= 4 is 5.91 Å². The first-order valence-corrected chi connectivity index (χ1v) is 6.78. The molecule has 1 heterocycles. The molecule has 0 aromatic rings. The van der Waals surface area contributed by atoms with Crippen molar-refractivity contribution in [3.05, 3.63) is 0 Å². The van der Waals surface area contributed by atoms with Gasteiger partial charge in [-0.1, -0.05) is 33.1 Å². The van der Waals surface area contributed by atoms with Gasteiger partial charge < -0.3 is 5.32 Å². The monoisotopic (exact) mass is 221 g/mol. The van der Waals surface area contributed by atoms with Crippen LogP contribution in [0.5, 0.6) is 0 Å². The number of carbonyl (C=O) groups is 1. The summed E-state index contributed by atoms with van der Waals surface area (Å²) in [4.78, 5) is 11.8. The Bertz CT molecular complexity index is 318. The molecule has 0 unspecified atom stereocenters. The highest BCUT2D eigenvalue weighted by atomic mass is 16.2.